The van der Waals surface area contributed by atoms with Crippen LogP contribution in [0.25, 0.3) is 44.5 Å². The fraction of sp³-hybridized carbons (Fsp3) is 0.268. The van der Waals surface area contributed by atoms with Crippen LogP contribution < -0.4 is 0 Å². The van der Waals surface area contributed by atoms with Crippen LogP contribution in [0.15, 0.2) is 152 Å². The third kappa shape index (κ3) is 10.5. The number of rotatable bonds is 4. The third-order valence-corrected chi connectivity index (χ3v) is 16.0. The van der Waals surface area contributed by atoms with E-state index in [1.165, 1.54) is 77.9 Å². The summed E-state index contributed by atoms with van der Waals surface area (Å²) >= 11 is 0. The second kappa shape index (κ2) is 21.7. The molecule has 0 spiro atoms. The van der Waals surface area contributed by atoms with Crippen molar-refractivity contribution >= 4 is 23.1 Å². The van der Waals surface area contributed by atoms with Gasteiger partial charge in [-0.2, -0.15) is 0 Å². The monoisotopic (exact) mass is 987 g/mol. The molecule has 0 fully saturated rings. The van der Waals surface area contributed by atoms with E-state index in [4.69, 9.17) is 0 Å². The van der Waals surface area contributed by atoms with E-state index in [0.29, 0.717) is 23.1 Å². The number of Topliss-reactive ketones (excluding diaryl/α,β-unsaturated/α-hetero) is 4. The van der Waals surface area contributed by atoms with Crippen molar-refractivity contribution in [1.29, 1.82) is 0 Å². The first-order valence-electron chi connectivity index (χ1n) is 26.8. The van der Waals surface area contributed by atoms with E-state index in [0.717, 1.165) is 75.8 Å². The van der Waals surface area contributed by atoms with Crippen LogP contribution in [0.4, 0.5) is 0 Å². The minimum atomic E-state index is 0.126. The van der Waals surface area contributed by atoms with Gasteiger partial charge in [-0.3, -0.25) is 19.2 Å². The highest BCUT2D eigenvalue weighted by atomic mass is 16.1. The zero-order chi connectivity index (χ0) is 53.4. The second-order valence-electron chi connectivity index (χ2n) is 22.0. The van der Waals surface area contributed by atoms with Crippen molar-refractivity contribution in [2.75, 3.05) is 0 Å². The summed E-state index contributed by atoms with van der Waals surface area (Å²) in [6, 6.07) is 52.4. The molecule has 0 N–H and O–H groups in total. The lowest BCUT2D eigenvalue weighted by Crippen LogP contribution is -2.04. The molecule has 0 saturated heterocycles. The van der Waals surface area contributed by atoms with Gasteiger partial charge in [0.2, 0.25) is 0 Å². The van der Waals surface area contributed by atoms with E-state index in [1.807, 2.05) is 39.8 Å². The summed E-state index contributed by atoms with van der Waals surface area (Å²) in [4.78, 5) is 49.4. The molecule has 4 aliphatic carbocycles. The molecule has 0 bridgehead atoms. The highest BCUT2D eigenvalue weighted by Crippen LogP contribution is 2.40. The molecule has 4 unspecified atom stereocenters. The van der Waals surface area contributed by atoms with Gasteiger partial charge in [0.25, 0.3) is 0 Å². The van der Waals surface area contributed by atoms with Gasteiger partial charge in [0.15, 0.2) is 23.1 Å². The molecular weight excluding hydrogens is 917 g/mol. The van der Waals surface area contributed by atoms with Gasteiger partial charge in [-0.05, 0) is 163 Å². The number of hydrogen-bond acceptors (Lipinski definition) is 4. The van der Waals surface area contributed by atoms with Gasteiger partial charge in [-0.15, -0.1) is 0 Å². The predicted octanol–water partition coefficient (Wildman–Crippen LogP) is 17.1. The van der Waals surface area contributed by atoms with Gasteiger partial charge < -0.3 is 0 Å². The number of benzene rings is 8. The quantitative estimate of drug-likeness (QED) is 0.176. The van der Waals surface area contributed by atoms with E-state index < -0.39 is 0 Å². The summed E-state index contributed by atoms with van der Waals surface area (Å²) in [6.45, 7) is 22.8. The summed E-state index contributed by atoms with van der Waals surface area (Å²) in [5, 5.41) is 0. The Labute approximate surface area is 445 Å². The molecule has 0 saturated carbocycles. The van der Waals surface area contributed by atoms with Crippen molar-refractivity contribution in [3.8, 4) is 44.5 Å². The minimum absolute atomic E-state index is 0.126. The largest absolute Gasteiger partial charge is 0.294 e. The van der Waals surface area contributed by atoms with Gasteiger partial charge in [-0.25, -0.2) is 0 Å². The topological polar surface area (TPSA) is 68.3 Å². The van der Waals surface area contributed by atoms with Crippen LogP contribution >= 0.6 is 0 Å². The summed E-state index contributed by atoms with van der Waals surface area (Å²) in [5.41, 5.74) is 26.5. The Balaban J connectivity index is 0.000000122. The van der Waals surface area contributed by atoms with Crippen molar-refractivity contribution in [2.45, 2.75) is 102 Å². The lowest BCUT2D eigenvalue weighted by Gasteiger charge is -2.12. The molecule has 0 amide bonds. The summed E-state index contributed by atoms with van der Waals surface area (Å²) in [6.07, 6.45) is 3.53. The lowest BCUT2D eigenvalue weighted by atomic mass is 9.91. The molecular formula is C71H70O4. The zero-order valence-corrected chi connectivity index (χ0v) is 45.7. The molecule has 378 valence electrons. The Morgan fingerprint density at radius 1 is 0.293 bits per heavy atom. The van der Waals surface area contributed by atoms with Crippen LogP contribution in [-0.4, -0.2) is 23.1 Å². The number of carbonyl (C=O) groups excluding carboxylic acids is 4. The lowest BCUT2D eigenvalue weighted by molar-refractivity contribution is 0.0939. The van der Waals surface area contributed by atoms with Crippen molar-refractivity contribution < 1.29 is 19.2 Å². The predicted molar refractivity (Wildman–Crippen MR) is 309 cm³/mol. The van der Waals surface area contributed by atoms with Gasteiger partial charge in [0.1, 0.15) is 0 Å². The maximum atomic E-state index is 12.4. The average Bonchev–Trinajstić information content (AvgIpc) is 4.07. The third-order valence-electron chi connectivity index (χ3n) is 16.0. The SMILES string of the molecule is Cc1cc(C)cc(-c2cccc3c2C(=O)C(C)C3)c1.Cc1ccc(-c2cccc3c2C(=O)C(C)C3)c(C)c1.Cc1cccc(-c2cccc3c2C(=O)C(C)C3)c1C.Cc1ccccc1-c1cccc2c1C(=O)C(C)C2. The molecule has 4 atom stereocenters. The van der Waals surface area contributed by atoms with Crippen LogP contribution in [0.2, 0.25) is 0 Å². The van der Waals surface area contributed by atoms with Gasteiger partial charge in [0, 0.05) is 45.9 Å². The number of aryl methyl sites for hydroxylation is 6. The van der Waals surface area contributed by atoms with Crippen molar-refractivity contribution in [3.05, 3.63) is 235 Å². The first-order valence-corrected chi connectivity index (χ1v) is 26.8. The van der Waals surface area contributed by atoms with Gasteiger partial charge >= 0.3 is 0 Å². The summed E-state index contributed by atoms with van der Waals surface area (Å²) < 4.78 is 0. The Kier molecular flexibility index (Phi) is 15.2. The van der Waals surface area contributed by atoms with E-state index in [-0.39, 0.29) is 23.7 Å². The number of carbonyl (C=O) groups is 4. The van der Waals surface area contributed by atoms with Crippen LogP contribution in [0.3, 0.4) is 0 Å². The maximum absolute atomic E-state index is 12.4. The minimum Gasteiger partial charge on any atom is -0.294 e. The Morgan fingerprint density at radius 2 is 0.640 bits per heavy atom. The average molecular weight is 987 g/mol. The molecule has 4 nitrogen and oxygen atoms in total. The van der Waals surface area contributed by atoms with Crippen LogP contribution in [0.5, 0.6) is 0 Å². The Morgan fingerprint density at radius 3 is 1.08 bits per heavy atom. The van der Waals surface area contributed by atoms with Crippen LogP contribution in [-0.2, 0) is 25.7 Å². The Bertz CT molecular complexity index is 3550. The smallest absolute Gasteiger partial charge is 0.166 e. The summed E-state index contributed by atoms with van der Waals surface area (Å²) in [5.74, 6) is 1.70. The Hall–Kier alpha value is -7.56. The standard InChI is InChI=1S/3C18H18O.C17H16O/c1-11-6-4-8-15(13(11)3)16-9-5-7-14-10-12(2)18(19)17(14)16;1-11-7-12(2)9-15(8-11)16-6-4-5-14-10-13(3)18(19)17(14)16;1-11-7-8-15(12(2)9-11)16-6-4-5-14-10-13(3)18(19)17(14)16;1-11-6-3-4-8-14(11)15-9-5-7-13-10-12(2)17(18)16(13)15/h4-9,12H,10H2,1-3H3;2*4-9,13H,10H2,1-3H3;3-9,12H,10H2,1-2H3. The molecule has 4 heteroatoms. The fourth-order valence-electron chi connectivity index (χ4n) is 12.0. The van der Waals surface area contributed by atoms with Crippen molar-refractivity contribution in [2.24, 2.45) is 23.7 Å². The van der Waals surface area contributed by atoms with E-state index in [1.54, 1.807) is 0 Å². The molecule has 0 radical (unpaired) electrons. The van der Waals surface area contributed by atoms with Crippen molar-refractivity contribution in [3.63, 3.8) is 0 Å². The molecule has 12 rings (SSSR count). The first-order chi connectivity index (χ1) is 35.9. The molecule has 0 aliphatic heterocycles. The molecule has 0 heterocycles. The van der Waals surface area contributed by atoms with E-state index in [2.05, 4.69) is 188 Å². The first kappa shape index (κ1) is 52.3. The molecule has 75 heavy (non-hydrogen) atoms. The second-order valence-corrected chi connectivity index (χ2v) is 22.0. The molecule has 8 aromatic rings. The molecule has 8 aromatic carbocycles. The van der Waals surface area contributed by atoms with E-state index in [9.17, 15) is 19.2 Å². The highest BCUT2D eigenvalue weighted by Gasteiger charge is 2.33. The number of hydrogen-bond donors (Lipinski definition) is 0. The highest BCUT2D eigenvalue weighted by molar-refractivity contribution is 6.10. The van der Waals surface area contributed by atoms with Gasteiger partial charge in [0.05, 0.1) is 0 Å². The molecule has 4 aliphatic rings. The zero-order valence-electron chi connectivity index (χ0n) is 45.7. The number of ketones is 4. The summed E-state index contributed by atoms with van der Waals surface area (Å²) in [7, 11) is 0. The van der Waals surface area contributed by atoms with E-state index >= 15 is 0 Å². The van der Waals surface area contributed by atoms with Gasteiger partial charge in [-0.1, -0.05) is 196 Å². The fourth-order valence-corrected chi connectivity index (χ4v) is 12.0. The molecule has 0 aromatic heterocycles. The normalized spacial score (nSPS) is 17.7. The van der Waals surface area contributed by atoms with Crippen LogP contribution in [0.1, 0.15) is 130 Å². The van der Waals surface area contributed by atoms with Crippen molar-refractivity contribution in [1.82, 2.24) is 0 Å². The maximum Gasteiger partial charge on any atom is 0.166 e. The number of fused-ring (bicyclic) bond motifs is 4. The van der Waals surface area contributed by atoms with Crippen LogP contribution in [0, 0.1) is 72.1 Å².